The molecule has 2 aliphatic rings. The van der Waals surface area contributed by atoms with Crippen LogP contribution in [0.1, 0.15) is 40.6 Å². The molecule has 1 aromatic heterocycles. The Morgan fingerprint density at radius 2 is 1.79 bits per heavy atom. The van der Waals surface area contributed by atoms with Crippen LogP contribution in [0.4, 0.5) is 0 Å². The zero-order valence-electron chi connectivity index (χ0n) is 19.6. The smallest absolute Gasteiger partial charge is 0.283 e. The third-order valence-corrected chi connectivity index (χ3v) is 7.14. The summed E-state index contributed by atoms with van der Waals surface area (Å²) in [5.74, 6) is -0.370. The van der Waals surface area contributed by atoms with Crippen LogP contribution in [0, 0.1) is 26.2 Å². The van der Waals surface area contributed by atoms with E-state index in [0.29, 0.717) is 5.17 Å². The summed E-state index contributed by atoms with van der Waals surface area (Å²) in [6.07, 6.45) is 2.76. The standard InChI is InChI=1S/C27H25N5OS/c1-5-19-10-12-21(13-11-19)31-17(3)14-20(18(31)4)15-23-24(28)32-27(29-25(23)33)34-26(30-32)22-9-7-6-8-16(22)2/h6-15,28H,5H2,1-4H3/b23-15+,28-24?. The maximum atomic E-state index is 12.9. The predicted octanol–water partition coefficient (Wildman–Crippen LogP) is 5.63. The van der Waals surface area contributed by atoms with E-state index in [0.717, 1.165) is 45.2 Å². The van der Waals surface area contributed by atoms with Gasteiger partial charge in [0.1, 0.15) is 5.04 Å². The van der Waals surface area contributed by atoms with Gasteiger partial charge in [-0.2, -0.15) is 15.1 Å². The van der Waals surface area contributed by atoms with E-state index in [1.807, 2.05) is 51.1 Å². The fourth-order valence-electron chi connectivity index (χ4n) is 4.28. The van der Waals surface area contributed by atoms with Crippen LogP contribution < -0.4 is 0 Å². The lowest BCUT2D eigenvalue weighted by molar-refractivity contribution is -0.114. The van der Waals surface area contributed by atoms with Crippen molar-refractivity contribution in [3.8, 4) is 5.69 Å². The summed E-state index contributed by atoms with van der Waals surface area (Å²) >= 11 is 1.32. The fraction of sp³-hybridized carbons (Fsp3) is 0.185. The molecule has 0 atom stereocenters. The fourth-order valence-corrected chi connectivity index (χ4v) is 5.26. The van der Waals surface area contributed by atoms with Gasteiger partial charge in [0.2, 0.25) is 5.17 Å². The highest BCUT2D eigenvalue weighted by Gasteiger charge is 2.36. The van der Waals surface area contributed by atoms with Crippen molar-refractivity contribution in [2.24, 2.45) is 10.1 Å². The molecule has 1 amide bonds. The highest BCUT2D eigenvalue weighted by molar-refractivity contribution is 8.27. The third kappa shape index (κ3) is 3.72. The quantitative estimate of drug-likeness (QED) is 0.505. The van der Waals surface area contributed by atoms with Crippen molar-refractivity contribution in [1.29, 1.82) is 5.41 Å². The summed E-state index contributed by atoms with van der Waals surface area (Å²) < 4.78 is 2.16. The van der Waals surface area contributed by atoms with E-state index in [9.17, 15) is 4.79 Å². The highest BCUT2D eigenvalue weighted by Crippen LogP contribution is 2.32. The second kappa shape index (κ2) is 8.57. The Morgan fingerprint density at radius 1 is 1.06 bits per heavy atom. The molecule has 2 aliphatic heterocycles. The highest BCUT2D eigenvalue weighted by atomic mass is 32.2. The normalized spacial score (nSPS) is 16.7. The van der Waals surface area contributed by atoms with Gasteiger partial charge in [-0.1, -0.05) is 43.3 Å². The molecule has 2 aromatic carbocycles. The Balaban J connectivity index is 1.50. The molecule has 0 bridgehead atoms. The number of hydrazone groups is 1. The summed E-state index contributed by atoms with van der Waals surface area (Å²) in [7, 11) is 0. The monoisotopic (exact) mass is 467 g/mol. The lowest BCUT2D eigenvalue weighted by Gasteiger charge is -2.20. The molecular formula is C27H25N5OS. The first-order valence-electron chi connectivity index (χ1n) is 11.2. The number of carbonyl (C=O) groups is 1. The van der Waals surface area contributed by atoms with Crippen LogP contribution in [0.5, 0.6) is 0 Å². The van der Waals surface area contributed by atoms with Gasteiger partial charge in [0.25, 0.3) is 5.91 Å². The molecule has 0 fully saturated rings. The van der Waals surface area contributed by atoms with E-state index >= 15 is 0 Å². The average Bonchev–Trinajstić information content (AvgIpc) is 3.37. The lowest BCUT2D eigenvalue weighted by atomic mass is 10.1. The van der Waals surface area contributed by atoms with Crippen LogP contribution in [-0.4, -0.2) is 31.5 Å². The molecular weight excluding hydrogens is 442 g/mol. The van der Waals surface area contributed by atoms with Crippen molar-refractivity contribution in [3.05, 3.63) is 93.8 Å². The second-order valence-corrected chi connectivity index (χ2v) is 9.38. The number of hydrogen-bond acceptors (Lipinski definition) is 4. The maximum absolute atomic E-state index is 12.9. The van der Waals surface area contributed by atoms with Crippen molar-refractivity contribution >= 4 is 39.8 Å². The number of thioether (sulfide) groups is 1. The van der Waals surface area contributed by atoms with Gasteiger partial charge in [-0.3, -0.25) is 10.2 Å². The van der Waals surface area contributed by atoms with Crippen molar-refractivity contribution in [3.63, 3.8) is 0 Å². The van der Waals surface area contributed by atoms with Gasteiger partial charge in [0.15, 0.2) is 5.84 Å². The lowest BCUT2D eigenvalue weighted by Crippen LogP contribution is -2.35. The molecule has 34 heavy (non-hydrogen) atoms. The van der Waals surface area contributed by atoms with Crippen LogP contribution in [0.3, 0.4) is 0 Å². The van der Waals surface area contributed by atoms with Crippen molar-refractivity contribution < 1.29 is 4.79 Å². The zero-order chi connectivity index (χ0) is 24.0. The number of aromatic nitrogens is 1. The molecule has 7 heteroatoms. The van der Waals surface area contributed by atoms with E-state index in [-0.39, 0.29) is 11.4 Å². The summed E-state index contributed by atoms with van der Waals surface area (Å²) in [6, 6.07) is 18.5. The number of nitrogens with one attached hydrogen (secondary N) is 1. The Bertz CT molecular complexity index is 1430. The first-order valence-corrected chi connectivity index (χ1v) is 12.0. The summed E-state index contributed by atoms with van der Waals surface area (Å²) in [5.41, 5.74) is 7.62. The number of rotatable bonds is 4. The maximum Gasteiger partial charge on any atom is 0.283 e. The minimum absolute atomic E-state index is 0.0446. The average molecular weight is 468 g/mol. The Kier molecular flexibility index (Phi) is 5.57. The third-order valence-electron chi connectivity index (χ3n) is 6.20. The molecule has 5 rings (SSSR count). The van der Waals surface area contributed by atoms with E-state index in [2.05, 4.69) is 45.9 Å². The number of carbonyl (C=O) groups excluding carboxylic acids is 1. The van der Waals surface area contributed by atoms with Gasteiger partial charge in [-0.15, -0.1) is 0 Å². The largest absolute Gasteiger partial charge is 0.318 e. The van der Waals surface area contributed by atoms with Gasteiger partial charge >= 0.3 is 0 Å². The van der Waals surface area contributed by atoms with Crippen LogP contribution in [0.25, 0.3) is 11.8 Å². The minimum atomic E-state index is -0.415. The molecule has 0 aliphatic carbocycles. The van der Waals surface area contributed by atoms with Gasteiger partial charge in [0, 0.05) is 22.6 Å². The summed E-state index contributed by atoms with van der Waals surface area (Å²) in [4.78, 5) is 17.2. The Labute approximate surface area is 203 Å². The van der Waals surface area contributed by atoms with E-state index < -0.39 is 5.91 Å². The summed E-state index contributed by atoms with van der Waals surface area (Å²) in [6.45, 7) is 8.23. The van der Waals surface area contributed by atoms with Crippen LogP contribution >= 0.6 is 11.8 Å². The molecule has 6 nitrogen and oxygen atoms in total. The topological polar surface area (TPSA) is 73.8 Å². The van der Waals surface area contributed by atoms with Crippen molar-refractivity contribution in [1.82, 2.24) is 9.58 Å². The molecule has 0 unspecified atom stereocenters. The minimum Gasteiger partial charge on any atom is -0.318 e. The van der Waals surface area contributed by atoms with Crippen molar-refractivity contribution in [2.75, 3.05) is 0 Å². The number of nitrogens with zero attached hydrogens (tertiary/aromatic N) is 4. The Hall–Kier alpha value is -3.71. The van der Waals surface area contributed by atoms with E-state index in [4.69, 9.17) is 5.41 Å². The van der Waals surface area contributed by atoms with E-state index in [1.165, 1.54) is 22.3 Å². The molecule has 0 spiro atoms. The first kappa shape index (κ1) is 22.1. The number of fused-ring (bicyclic) bond motifs is 1. The number of amidine groups is 2. The first-order chi connectivity index (χ1) is 16.4. The van der Waals surface area contributed by atoms with Gasteiger partial charge < -0.3 is 4.57 Å². The number of amides is 1. The number of benzene rings is 2. The zero-order valence-corrected chi connectivity index (χ0v) is 20.4. The molecule has 170 valence electrons. The van der Waals surface area contributed by atoms with Crippen LogP contribution in [0.15, 0.2) is 70.3 Å². The molecule has 0 saturated heterocycles. The molecule has 3 heterocycles. The molecule has 3 aromatic rings. The predicted molar refractivity (Wildman–Crippen MR) is 140 cm³/mol. The van der Waals surface area contributed by atoms with Gasteiger partial charge in [0.05, 0.1) is 5.57 Å². The Morgan fingerprint density at radius 3 is 2.50 bits per heavy atom. The van der Waals surface area contributed by atoms with Crippen LogP contribution in [-0.2, 0) is 11.2 Å². The van der Waals surface area contributed by atoms with Gasteiger partial charge in [-0.05, 0) is 79.9 Å². The van der Waals surface area contributed by atoms with Crippen LogP contribution in [0.2, 0.25) is 0 Å². The number of hydrogen-bond donors (Lipinski definition) is 1. The molecule has 0 radical (unpaired) electrons. The number of aryl methyl sites for hydroxylation is 3. The van der Waals surface area contributed by atoms with Crippen molar-refractivity contribution in [2.45, 2.75) is 34.1 Å². The number of aliphatic imine (C=N–C) groups is 1. The van der Waals surface area contributed by atoms with Gasteiger partial charge in [-0.25, -0.2) is 0 Å². The molecule has 1 N–H and O–H groups in total. The summed E-state index contributed by atoms with van der Waals surface area (Å²) in [5, 5.41) is 16.0. The molecule has 0 saturated carbocycles. The second-order valence-electron chi connectivity index (χ2n) is 8.42. The van der Waals surface area contributed by atoms with E-state index in [1.54, 1.807) is 6.08 Å². The SMILES string of the molecule is CCc1ccc(-n2c(C)cc(/C=C3\C(=N)N4N=C(c5ccccc5C)SC4=NC3=O)c2C)cc1.